The minimum Gasteiger partial charge on any atom is -0.491 e. The Bertz CT molecular complexity index is 631. The fourth-order valence-corrected chi connectivity index (χ4v) is 2.63. The molecule has 0 aliphatic carbocycles. The topological polar surface area (TPSA) is 102 Å². The van der Waals surface area contributed by atoms with E-state index in [-0.39, 0.29) is 11.7 Å². The molecule has 1 aliphatic rings. The number of hydrogen-bond donors (Lipinski definition) is 2. The van der Waals surface area contributed by atoms with Crippen molar-refractivity contribution < 1.29 is 24.2 Å². The molecule has 25 heavy (non-hydrogen) atoms. The van der Waals surface area contributed by atoms with E-state index < -0.39 is 11.6 Å². The molecule has 1 aromatic rings. The Morgan fingerprint density at radius 1 is 1.28 bits per heavy atom. The second-order valence-electron chi connectivity index (χ2n) is 7.28. The summed E-state index contributed by atoms with van der Waals surface area (Å²) in [4.78, 5) is 24.7. The number of anilines is 1. The third-order valence-corrected chi connectivity index (χ3v) is 4.00. The Morgan fingerprint density at radius 2 is 1.92 bits per heavy atom. The molecule has 7 heteroatoms. The molecule has 0 atom stereocenters. The van der Waals surface area contributed by atoms with Gasteiger partial charge >= 0.3 is 12.1 Å². The zero-order valence-electron chi connectivity index (χ0n) is 14.9. The summed E-state index contributed by atoms with van der Waals surface area (Å²) in [7, 11) is 0. The van der Waals surface area contributed by atoms with Crippen molar-refractivity contribution in [2.75, 3.05) is 25.4 Å². The van der Waals surface area contributed by atoms with Crippen LogP contribution >= 0.6 is 0 Å². The molecule has 0 spiro atoms. The number of benzene rings is 1. The van der Waals surface area contributed by atoms with Crippen LogP contribution in [0.3, 0.4) is 0 Å². The van der Waals surface area contributed by atoms with Gasteiger partial charge in [0.1, 0.15) is 11.4 Å². The van der Waals surface area contributed by atoms with E-state index in [9.17, 15) is 9.59 Å². The minimum atomic E-state index is -1.02. The van der Waals surface area contributed by atoms with Crippen molar-refractivity contribution in [1.29, 1.82) is 0 Å². The van der Waals surface area contributed by atoms with Crippen LogP contribution in [-0.2, 0) is 4.74 Å². The van der Waals surface area contributed by atoms with E-state index in [4.69, 9.17) is 20.3 Å². The molecule has 1 saturated heterocycles. The second kappa shape index (κ2) is 7.63. The molecule has 138 valence electrons. The molecule has 0 aromatic heterocycles. The number of likely N-dealkylation sites (tertiary alicyclic amines) is 1. The number of carboxylic acid groups (broad SMARTS) is 1. The maximum Gasteiger partial charge on any atom is 0.410 e. The van der Waals surface area contributed by atoms with Crippen LogP contribution in [0.25, 0.3) is 0 Å². The normalized spacial score (nSPS) is 15.7. The first-order chi connectivity index (χ1) is 11.7. The van der Waals surface area contributed by atoms with E-state index in [0.29, 0.717) is 37.1 Å². The molecule has 1 heterocycles. The summed E-state index contributed by atoms with van der Waals surface area (Å²) < 4.78 is 11.1. The summed E-state index contributed by atoms with van der Waals surface area (Å²) in [6, 6.07) is 4.44. The van der Waals surface area contributed by atoms with Gasteiger partial charge in [-0.2, -0.15) is 0 Å². The molecule has 1 aromatic carbocycles. The van der Waals surface area contributed by atoms with Gasteiger partial charge in [0.05, 0.1) is 17.9 Å². The highest BCUT2D eigenvalue weighted by molar-refractivity contribution is 5.89. The lowest BCUT2D eigenvalue weighted by Crippen LogP contribution is -2.42. The summed E-state index contributed by atoms with van der Waals surface area (Å²) in [5.41, 5.74) is 5.79. The number of ether oxygens (including phenoxy) is 2. The van der Waals surface area contributed by atoms with E-state index >= 15 is 0 Å². The summed E-state index contributed by atoms with van der Waals surface area (Å²) in [5.74, 6) is -0.218. The number of nitrogens with zero attached hydrogens (tertiary/aromatic N) is 1. The maximum atomic E-state index is 12.0. The van der Waals surface area contributed by atoms with Crippen LogP contribution < -0.4 is 10.5 Å². The van der Waals surface area contributed by atoms with Gasteiger partial charge in [0, 0.05) is 13.1 Å². The van der Waals surface area contributed by atoms with Gasteiger partial charge in [0.25, 0.3) is 0 Å². The number of carbonyl (C=O) groups excluding carboxylic acids is 1. The Balaban J connectivity index is 1.81. The molecule has 0 bridgehead atoms. The highest BCUT2D eigenvalue weighted by atomic mass is 16.6. The van der Waals surface area contributed by atoms with Crippen LogP contribution in [0, 0.1) is 5.92 Å². The van der Waals surface area contributed by atoms with Gasteiger partial charge in [0.15, 0.2) is 0 Å². The van der Waals surface area contributed by atoms with Crippen LogP contribution in [0.1, 0.15) is 44.0 Å². The Hall–Kier alpha value is -2.44. The van der Waals surface area contributed by atoms with Crippen molar-refractivity contribution in [3.05, 3.63) is 23.8 Å². The molecular formula is C18H26N2O5. The number of piperidine rings is 1. The summed E-state index contributed by atoms with van der Waals surface area (Å²) >= 11 is 0. The summed E-state index contributed by atoms with van der Waals surface area (Å²) in [5, 5.41) is 8.94. The Labute approximate surface area is 147 Å². The lowest BCUT2D eigenvalue weighted by molar-refractivity contribution is 0.0165. The average Bonchev–Trinajstić information content (AvgIpc) is 2.52. The van der Waals surface area contributed by atoms with Gasteiger partial charge in [-0.05, 0) is 57.7 Å². The summed E-state index contributed by atoms with van der Waals surface area (Å²) in [6.07, 6.45) is 1.37. The smallest absolute Gasteiger partial charge is 0.410 e. The first-order valence-electron chi connectivity index (χ1n) is 8.39. The van der Waals surface area contributed by atoms with Gasteiger partial charge in [-0.25, -0.2) is 9.59 Å². The van der Waals surface area contributed by atoms with Gasteiger partial charge in [-0.15, -0.1) is 0 Å². The van der Waals surface area contributed by atoms with Crippen molar-refractivity contribution in [2.24, 2.45) is 5.92 Å². The monoisotopic (exact) mass is 350 g/mol. The molecular weight excluding hydrogens is 324 g/mol. The number of hydrogen-bond acceptors (Lipinski definition) is 5. The fourth-order valence-electron chi connectivity index (χ4n) is 2.63. The van der Waals surface area contributed by atoms with Crippen LogP contribution in [0.15, 0.2) is 18.2 Å². The van der Waals surface area contributed by atoms with Gasteiger partial charge in [-0.3, -0.25) is 0 Å². The quantitative estimate of drug-likeness (QED) is 0.809. The maximum absolute atomic E-state index is 12.0. The van der Waals surface area contributed by atoms with Crippen LogP contribution in [0.2, 0.25) is 0 Å². The highest BCUT2D eigenvalue weighted by Gasteiger charge is 2.27. The average molecular weight is 350 g/mol. The molecule has 0 unspecified atom stereocenters. The van der Waals surface area contributed by atoms with Crippen molar-refractivity contribution in [2.45, 2.75) is 39.2 Å². The van der Waals surface area contributed by atoms with E-state index in [2.05, 4.69) is 0 Å². The van der Waals surface area contributed by atoms with Crippen LogP contribution in [0.4, 0.5) is 10.5 Å². The van der Waals surface area contributed by atoms with Gasteiger partial charge in [0.2, 0.25) is 0 Å². The predicted molar refractivity (Wildman–Crippen MR) is 93.8 cm³/mol. The number of carboxylic acids is 1. The van der Waals surface area contributed by atoms with E-state index in [0.717, 1.165) is 12.8 Å². The second-order valence-corrected chi connectivity index (χ2v) is 7.28. The number of carbonyl (C=O) groups is 2. The van der Waals surface area contributed by atoms with Crippen molar-refractivity contribution in [3.63, 3.8) is 0 Å². The van der Waals surface area contributed by atoms with E-state index in [1.54, 1.807) is 11.0 Å². The van der Waals surface area contributed by atoms with Crippen molar-refractivity contribution >= 4 is 17.7 Å². The number of rotatable bonds is 4. The van der Waals surface area contributed by atoms with Crippen LogP contribution in [-0.4, -0.2) is 47.4 Å². The van der Waals surface area contributed by atoms with Crippen LogP contribution in [0.5, 0.6) is 5.75 Å². The molecule has 7 nitrogen and oxygen atoms in total. The molecule has 1 fully saturated rings. The molecule has 3 N–H and O–H groups in total. The fraction of sp³-hybridized carbons (Fsp3) is 0.556. The lowest BCUT2D eigenvalue weighted by Gasteiger charge is -2.33. The SMILES string of the molecule is CC(C)(C)OC(=O)N1CCC(COc2ccc(C(=O)O)cc2N)CC1. The molecule has 0 radical (unpaired) electrons. The zero-order chi connectivity index (χ0) is 18.6. The first kappa shape index (κ1) is 18.9. The summed E-state index contributed by atoms with van der Waals surface area (Å²) in [6.45, 7) is 7.31. The third-order valence-electron chi connectivity index (χ3n) is 4.00. The van der Waals surface area contributed by atoms with E-state index in [1.807, 2.05) is 20.8 Å². The number of nitrogen functional groups attached to an aromatic ring is 1. The van der Waals surface area contributed by atoms with Gasteiger partial charge in [-0.1, -0.05) is 0 Å². The molecule has 0 saturated carbocycles. The Kier molecular flexibility index (Phi) is 5.77. The van der Waals surface area contributed by atoms with Crippen molar-refractivity contribution in [1.82, 2.24) is 4.90 Å². The lowest BCUT2D eigenvalue weighted by atomic mass is 9.98. The predicted octanol–water partition coefficient (Wildman–Crippen LogP) is 2.99. The van der Waals surface area contributed by atoms with E-state index in [1.165, 1.54) is 12.1 Å². The number of nitrogens with two attached hydrogens (primary N) is 1. The third kappa shape index (κ3) is 5.55. The molecule has 2 rings (SSSR count). The van der Waals surface area contributed by atoms with Gasteiger partial charge < -0.3 is 25.2 Å². The number of amides is 1. The minimum absolute atomic E-state index is 0.135. The van der Waals surface area contributed by atoms with Crippen molar-refractivity contribution in [3.8, 4) is 5.75 Å². The molecule has 1 amide bonds. The highest BCUT2D eigenvalue weighted by Crippen LogP contribution is 2.25. The largest absolute Gasteiger partial charge is 0.491 e. The Morgan fingerprint density at radius 3 is 2.44 bits per heavy atom. The zero-order valence-corrected chi connectivity index (χ0v) is 14.9. The molecule has 1 aliphatic heterocycles. The first-order valence-corrected chi connectivity index (χ1v) is 8.39. The number of aromatic carboxylic acids is 1. The standard InChI is InChI=1S/C18H26N2O5/c1-18(2,3)25-17(23)20-8-6-12(7-9-20)11-24-15-5-4-13(16(21)22)10-14(15)19/h4-5,10,12H,6-9,11,19H2,1-3H3,(H,21,22).